The third kappa shape index (κ3) is 2.15. The van der Waals surface area contributed by atoms with Crippen LogP contribution in [0.2, 0.25) is 0 Å². The normalized spacial score (nSPS) is 12.4. The lowest BCUT2D eigenvalue weighted by atomic mass is 9.91. The molecule has 0 aliphatic carbocycles. The van der Waals surface area contributed by atoms with Crippen molar-refractivity contribution in [3.63, 3.8) is 0 Å². The van der Waals surface area contributed by atoms with Crippen LogP contribution in [0.15, 0.2) is 72.8 Å². The molecule has 0 fully saturated rings. The number of halogens is 3. The van der Waals surface area contributed by atoms with Gasteiger partial charge in [-0.1, -0.05) is 60.7 Å². The average Bonchev–Trinajstić information content (AvgIpc) is 2.65. The molecule has 0 saturated heterocycles. The Bertz CT molecular complexity index is 1260. The van der Waals surface area contributed by atoms with Crippen LogP contribution in [0.3, 0.4) is 0 Å². The number of rotatable bonds is 1. The zero-order valence-electron chi connectivity index (χ0n) is 13.5. The van der Waals surface area contributed by atoms with Gasteiger partial charge in [-0.15, -0.1) is 0 Å². The molecule has 5 aromatic rings. The first-order chi connectivity index (χ1) is 12.5. The van der Waals surface area contributed by atoms with E-state index in [1.54, 1.807) is 6.07 Å². The minimum absolute atomic E-state index is 0.331. The van der Waals surface area contributed by atoms with Crippen molar-refractivity contribution in [2.75, 3.05) is 0 Å². The van der Waals surface area contributed by atoms with E-state index in [4.69, 9.17) is 0 Å². The predicted octanol–water partition coefficient (Wildman–Crippen LogP) is 6.66. The van der Waals surface area contributed by atoms with Crippen molar-refractivity contribution in [3.8, 4) is 11.3 Å². The largest absolute Gasteiger partial charge is 0.433 e. The second-order valence-corrected chi connectivity index (χ2v) is 6.37. The van der Waals surface area contributed by atoms with Crippen LogP contribution in [0.5, 0.6) is 0 Å². The molecule has 126 valence electrons. The molecule has 5 rings (SSSR count). The maximum Gasteiger partial charge on any atom is 0.433 e. The third-order valence-electron chi connectivity index (χ3n) is 4.84. The number of benzene rings is 4. The molecule has 0 aliphatic rings. The highest BCUT2D eigenvalue weighted by atomic mass is 19.4. The number of nitrogens with zero attached hydrogens (tertiary/aromatic N) is 1. The minimum Gasteiger partial charge on any atom is -0.243 e. The minimum atomic E-state index is -4.46. The second-order valence-electron chi connectivity index (χ2n) is 6.37. The first-order valence-corrected chi connectivity index (χ1v) is 8.23. The van der Waals surface area contributed by atoms with Gasteiger partial charge in [0.15, 0.2) is 0 Å². The molecule has 1 heterocycles. The summed E-state index contributed by atoms with van der Waals surface area (Å²) in [6.07, 6.45) is -4.46. The number of hydrogen-bond donors (Lipinski definition) is 0. The van der Waals surface area contributed by atoms with E-state index in [0.29, 0.717) is 11.3 Å². The molecule has 4 heteroatoms. The van der Waals surface area contributed by atoms with Gasteiger partial charge in [0.05, 0.1) is 5.69 Å². The molecule has 1 nitrogen and oxygen atoms in total. The maximum absolute atomic E-state index is 13.1. The fourth-order valence-electron chi connectivity index (χ4n) is 3.70. The van der Waals surface area contributed by atoms with Crippen LogP contribution in [0.1, 0.15) is 5.69 Å². The molecule has 0 radical (unpaired) electrons. The van der Waals surface area contributed by atoms with E-state index >= 15 is 0 Å². The second kappa shape index (κ2) is 5.18. The van der Waals surface area contributed by atoms with E-state index in [1.165, 1.54) is 6.07 Å². The Labute approximate surface area is 147 Å². The molecule has 0 bridgehead atoms. The first kappa shape index (κ1) is 15.1. The zero-order chi connectivity index (χ0) is 17.9. The predicted molar refractivity (Wildman–Crippen MR) is 98.4 cm³/mol. The zero-order valence-corrected chi connectivity index (χ0v) is 13.5. The standard InChI is InChI=1S/C22H12F3N/c23-22(24,25)19-6-2-5-18(26-19)16-11-9-15-8-7-13-3-1-4-14-10-12-17(16)21(15)20(13)14/h1-12H. The summed E-state index contributed by atoms with van der Waals surface area (Å²) in [4.78, 5) is 3.87. The van der Waals surface area contributed by atoms with Crippen molar-refractivity contribution in [1.82, 2.24) is 4.98 Å². The van der Waals surface area contributed by atoms with Crippen LogP contribution in [-0.4, -0.2) is 4.98 Å². The van der Waals surface area contributed by atoms with Crippen molar-refractivity contribution in [2.24, 2.45) is 0 Å². The van der Waals surface area contributed by atoms with Crippen LogP contribution in [0.4, 0.5) is 13.2 Å². The van der Waals surface area contributed by atoms with Gasteiger partial charge in [-0.2, -0.15) is 13.2 Å². The Balaban J connectivity index is 1.87. The number of aromatic nitrogens is 1. The molecule has 0 atom stereocenters. The van der Waals surface area contributed by atoms with Crippen LogP contribution in [0, 0.1) is 0 Å². The summed E-state index contributed by atoms with van der Waals surface area (Å²) in [5, 5.41) is 6.43. The van der Waals surface area contributed by atoms with Gasteiger partial charge in [0.1, 0.15) is 5.69 Å². The lowest BCUT2D eigenvalue weighted by molar-refractivity contribution is -0.141. The van der Waals surface area contributed by atoms with E-state index in [-0.39, 0.29) is 0 Å². The van der Waals surface area contributed by atoms with Gasteiger partial charge in [0, 0.05) is 5.56 Å². The highest BCUT2D eigenvalue weighted by Gasteiger charge is 2.32. The molecule has 0 unspecified atom stereocenters. The quantitative estimate of drug-likeness (QED) is 0.309. The van der Waals surface area contributed by atoms with Crippen LogP contribution in [0.25, 0.3) is 43.6 Å². The van der Waals surface area contributed by atoms with Gasteiger partial charge < -0.3 is 0 Å². The molecule has 0 aliphatic heterocycles. The van der Waals surface area contributed by atoms with Crippen molar-refractivity contribution in [3.05, 3.63) is 78.5 Å². The van der Waals surface area contributed by atoms with Crippen LogP contribution >= 0.6 is 0 Å². The van der Waals surface area contributed by atoms with Crippen molar-refractivity contribution in [1.29, 1.82) is 0 Å². The smallest absolute Gasteiger partial charge is 0.243 e. The highest BCUT2D eigenvalue weighted by molar-refractivity contribution is 6.25. The Kier molecular flexibility index (Phi) is 3.02. The Morgan fingerprint density at radius 3 is 1.96 bits per heavy atom. The summed E-state index contributed by atoms with van der Waals surface area (Å²) < 4.78 is 39.2. The first-order valence-electron chi connectivity index (χ1n) is 8.23. The van der Waals surface area contributed by atoms with E-state index in [9.17, 15) is 13.2 Å². The summed E-state index contributed by atoms with van der Waals surface area (Å²) in [6.45, 7) is 0. The lowest BCUT2D eigenvalue weighted by Crippen LogP contribution is -2.08. The van der Waals surface area contributed by atoms with E-state index < -0.39 is 11.9 Å². The molecule has 0 spiro atoms. The maximum atomic E-state index is 13.1. The van der Waals surface area contributed by atoms with Crippen LogP contribution < -0.4 is 0 Å². The summed E-state index contributed by atoms with van der Waals surface area (Å²) in [5.41, 5.74) is 0.167. The average molecular weight is 347 g/mol. The molecular weight excluding hydrogens is 335 g/mol. The fraction of sp³-hybridized carbons (Fsp3) is 0.0455. The van der Waals surface area contributed by atoms with Gasteiger partial charge in [-0.25, -0.2) is 4.98 Å². The number of pyridine rings is 1. The Hall–Kier alpha value is -3.14. The third-order valence-corrected chi connectivity index (χ3v) is 4.84. The van der Waals surface area contributed by atoms with Gasteiger partial charge in [-0.3, -0.25) is 0 Å². The van der Waals surface area contributed by atoms with E-state index in [2.05, 4.69) is 23.2 Å². The molecule has 0 N–H and O–H groups in total. The Morgan fingerprint density at radius 1 is 0.615 bits per heavy atom. The fourth-order valence-corrected chi connectivity index (χ4v) is 3.70. The number of alkyl halides is 3. The molecule has 0 saturated carbocycles. The lowest BCUT2D eigenvalue weighted by Gasteiger charge is -2.14. The Morgan fingerprint density at radius 2 is 1.23 bits per heavy atom. The summed E-state index contributed by atoms with van der Waals surface area (Å²) in [7, 11) is 0. The molecule has 1 aromatic heterocycles. The monoisotopic (exact) mass is 347 g/mol. The van der Waals surface area contributed by atoms with Crippen LogP contribution in [-0.2, 0) is 6.18 Å². The van der Waals surface area contributed by atoms with Gasteiger partial charge in [0.25, 0.3) is 0 Å². The SMILES string of the molecule is FC(F)(F)c1cccc(-c2ccc3ccc4cccc5ccc2c3c45)n1. The highest BCUT2D eigenvalue weighted by Crippen LogP contribution is 2.39. The topological polar surface area (TPSA) is 12.9 Å². The molecule has 26 heavy (non-hydrogen) atoms. The molecule has 0 amide bonds. The van der Waals surface area contributed by atoms with Gasteiger partial charge in [-0.05, 0) is 44.5 Å². The van der Waals surface area contributed by atoms with Crippen molar-refractivity contribution < 1.29 is 13.2 Å². The molecular formula is C22H12F3N. The van der Waals surface area contributed by atoms with Crippen molar-refractivity contribution >= 4 is 32.3 Å². The van der Waals surface area contributed by atoms with Gasteiger partial charge >= 0.3 is 6.18 Å². The summed E-state index contributed by atoms with van der Waals surface area (Å²) >= 11 is 0. The summed E-state index contributed by atoms with van der Waals surface area (Å²) in [5.74, 6) is 0. The van der Waals surface area contributed by atoms with Gasteiger partial charge in [0.2, 0.25) is 0 Å². The number of hydrogen-bond acceptors (Lipinski definition) is 1. The molecule has 4 aromatic carbocycles. The van der Waals surface area contributed by atoms with Crippen molar-refractivity contribution in [2.45, 2.75) is 6.18 Å². The van der Waals surface area contributed by atoms with E-state index in [0.717, 1.165) is 38.4 Å². The summed E-state index contributed by atoms with van der Waals surface area (Å²) in [6, 6.07) is 22.1. The van der Waals surface area contributed by atoms with E-state index in [1.807, 2.05) is 36.4 Å².